The quantitative estimate of drug-likeness (QED) is 0.340. The second kappa shape index (κ2) is 10.1. The van der Waals surface area contributed by atoms with Gasteiger partial charge in [0.05, 0.1) is 30.7 Å². The molecule has 3 aromatic carbocycles. The number of hydrogen-bond acceptors (Lipinski definition) is 4. The number of morpholine rings is 1. The number of aromatic nitrogens is 2. The van der Waals surface area contributed by atoms with Crippen LogP contribution in [0.1, 0.15) is 21.5 Å². The number of aromatic amines is 1. The number of carbonyl (C=O) groups excluding carboxylic acids is 1. The highest BCUT2D eigenvalue weighted by Gasteiger charge is 2.30. The minimum Gasteiger partial charge on any atom is -0.378 e. The van der Waals surface area contributed by atoms with Crippen molar-refractivity contribution in [2.75, 3.05) is 36.5 Å². The normalized spacial score (nSPS) is 14.0. The molecule has 0 aliphatic carbocycles. The smallest absolute Gasteiger partial charge is 0.378 e. The standard InChI is InChI=1S/C28H25F3N4O2/c1-18-2-9-22(33-27(36)20-5-10-23(11-6-20)35-12-14-37-15-13-35)16-24(18)26-32-17-25(34-26)19-3-7-21(8-4-19)28(29,30)31/h2-11,16-17H,12-15H2,1H3,(H,32,34)(H,33,36). The molecule has 4 aromatic rings. The Morgan fingerprint density at radius 2 is 1.70 bits per heavy atom. The van der Waals surface area contributed by atoms with E-state index in [2.05, 4.69) is 20.2 Å². The molecular formula is C28H25F3N4O2. The number of imidazole rings is 1. The van der Waals surface area contributed by atoms with Crippen LogP contribution in [0.15, 0.2) is 72.9 Å². The largest absolute Gasteiger partial charge is 0.416 e. The van der Waals surface area contributed by atoms with Crippen molar-refractivity contribution in [3.63, 3.8) is 0 Å². The molecule has 0 bridgehead atoms. The maximum Gasteiger partial charge on any atom is 0.416 e. The zero-order valence-corrected chi connectivity index (χ0v) is 20.1. The molecule has 0 saturated carbocycles. The second-order valence-electron chi connectivity index (χ2n) is 8.85. The van der Waals surface area contributed by atoms with Gasteiger partial charge >= 0.3 is 6.18 Å². The zero-order chi connectivity index (χ0) is 26.0. The van der Waals surface area contributed by atoms with Gasteiger partial charge in [-0.1, -0.05) is 18.2 Å². The molecule has 2 N–H and O–H groups in total. The first-order valence-electron chi connectivity index (χ1n) is 11.9. The van der Waals surface area contributed by atoms with Crippen LogP contribution < -0.4 is 10.2 Å². The van der Waals surface area contributed by atoms with Crippen molar-refractivity contribution in [1.29, 1.82) is 0 Å². The molecule has 1 fully saturated rings. The topological polar surface area (TPSA) is 70.2 Å². The van der Waals surface area contributed by atoms with Crippen LogP contribution >= 0.6 is 0 Å². The van der Waals surface area contributed by atoms with E-state index < -0.39 is 11.7 Å². The van der Waals surface area contributed by atoms with E-state index >= 15 is 0 Å². The lowest BCUT2D eigenvalue weighted by Gasteiger charge is -2.28. The number of benzene rings is 3. The second-order valence-corrected chi connectivity index (χ2v) is 8.85. The predicted molar refractivity (Wildman–Crippen MR) is 137 cm³/mol. The summed E-state index contributed by atoms with van der Waals surface area (Å²) in [4.78, 5) is 22.7. The van der Waals surface area contributed by atoms with Gasteiger partial charge in [0, 0.05) is 35.6 Å². The number of H-pyrrole nitrogens is 1. The maximum absolute atomic E-state index is 12.9. The van der Waals surface area contributed by atoms with Crippen LogP contribution in [0.25, 0.3) is 22.6 Å². The Hall–Kier alpha value is -4.11. The highest BCUT2D eigenvalue weighted by atomic mass is 19.4. The van der Waals surface area contributed by atoms with E-state index in [9.17, 15) is 18.0 Å². The molecule has 6 nitrogen and oxygen atoms in total. The molecule has 2 heterocycles. The summed E-state index contributed by atoms with van der Waals surface area (Å²) >= 11 is 0. The summed E-state index contributed by atoms with van der Waals surface area (Å²) < 4.78 is 44.0. The minimum absolute atomic E-state index is 0.229. The van der Waals surface area contributed by atoms with Crippen molar-refractivity contribution in [3.8, 4) is 22.6 Å². The molecule has 1 aromatic heterocycles. The van der Waals surface area contributed by atoms with Crippen LogP contribution in [0.5, 0.6) is 0 Å². The fraction of sp³-hybridized carbons (Fsp3) is 0.214. The monoisotopic (exact) mass is 506 g/mol. The summed E-state index contributed by atoms with van der Waals surface area (Å²) in [5.74, 6) is 0.326. The van der Waals surface area contributed by atoms with E-state index in [0.717, 1.165) is 42.0 Å². The van der Waals surface area contributed by atoms with Gasteiger partial charge in [0.25, 0.3) is 5.91 Å². The lowest BCUT2D eigenvalue weighted by Crippen LogP contribution is -2.36. The molecule has 9 heteroatoms. The fourth-order valence-electron chi connectivity index (χ4n) is 4.25. The van der Waals surface area contributed by atoms with Crippen molar-refractivity contribution in [2.45, 2.75) is 13.1 Å². The van der Waals surface area contributed by atoms with Gasteiger partial charge in [-0.3, -0.25) is 4.79 Å². The zero-order valence-electron chi connectivity index (χ0n) is 20.1. The summed E-state index contributed by atoms with van der Waals surface area (Å²) in [7, 11) is 0. The van der Waals surface area contributed by atoms with E-state index in [1.54, 1.807) is 18.3 Å². The van der Waals surface area contributed by atoms with Crippen LogP contribution in [0.2, 0.25) is 0 Å². The summed E-state index contributed by atoms with van der Waals surface area (Å²) in [6.45, 7) is 4.96. The van der Waals surface area contributed by atoms with E-state index in [1.807, 2.05) is 37.3 Å². The summed E-state index contributed by atoms with van der Waals surface area (Å²) in [6.07, 6.45) is -2.80. The number of anilines is 2. The summed E-state index contributed by atoms with van der Waals surface area (Å²) in [5.41, 5.74) is 4.40. The Morgan fingerprint density at radius 3 is 2.38 bits per heavy atom. The van der Waals surface area contributed by atoms with Crippen LogP contribution in [-0.2, 0) is 10.9 Å². The lowest BCUT2D eigenvalue weighted by molar-refractivity contribution is -0.137. The Kier molecular flexibility index (Phi) is 6.71. The third-order valence-electron chi connectivity index (χ3n) is 6.36. The Labute approximate surface area is 212 Å². The Bertz CT molecular complexity index is 1390. The van der Waals surface area contributed by atoms with Gasteiger partial charge in [-0.2, -0.15) is 13.2 Å². The van der Waals surface area contributed by atoms with Crippen molar-refractivity contribution in [3.05, 3.63) is 89.6 Å². The number of amides is 1. The molecule has 5 rings (SSSR count). The van der Waals surface area contributed by atoms with E-state index in [1.165, 1.54) is 12.1 Å². The van der Waals surface area contributed by atoms with Crippen LogP contribution in [0.4, 0.5) is 24.5 Å². The lowest BCUT2D eigenvalue weighted by atomic mass is 10.1. The molecular weight excluding hydrogens is 481 g/mol. The number of hydrogen-bond donors (Lipinski definition) is 2. The number of halogens is 3. The van der Waals surface area contributed by atoms with Crippen molar-refractivity contribution in [2.24, 2.45) is 0 Å². The van der Waals surface area contributed by atoms with Gasteiger partial charge in [0.15, 0.2) is 0 Å². The van der Waals surface area contributed by atoms with Gasteiger partial charge < -0.3 is 19.9 Å². The van der Waals surface area contributed by atoms with Gasteiger partial charge in [-0.25, -0.2) is 4.98 Å². The van der Waals surface area contributed by atoms with Gasteiger partial charge in [-0.05, 0) is 66.6 Å². The van der Waals surface area contributed by atoms with Crippen molar-refractivity contribution in [1.82, 2.24) is 9.97 Å². The first-order valence-corrected chi connectivity index (χ1v) is 11.9. The number of nitrogens with one attached hydrogen (secondary N) is 2. The van der Waals surface area contributed by atoms with Crippen LogP contribution in [-0.4, -0.2) is 42.2 Å². The number of carbonyl (C=O) groups is 1. The van der Waals surface area contributed by atoms with Gasteiger partial charge in [-0.15, -0.1) is 0 Å². The van der Waals surface area contributed by atoms with Gasteiger partial charge in [0.1, 0.15) is 5.82 Å². The Morgan fingerprint density at radius 1 is 1.00 bits per heavy atom. The molecule has 1 aliphatic heterocycles. The molecule has 0 atom stereocenters. The average Bonchev–Trinajstić information content (AvgIpc) is 3.40. The minimum atomic E-state index is -4.38. The number of ether oxygens (including phenoxy) is 1. The van der Waals surface area contributed by atoms with E-state index in [-0.39, 0.29) is 5.91 Å². The molecule has 0 spiro atoms. The number of rotatable bonds is 5. The highest BCUT2D eigenvalue weighted by Crippen LogP contribution is 2.32. The van der Waals surface area contributed by atoms with Crippen molar-refractivity contribution < 1.29 is 22.7 Å². The Balaban J connectivity index is 1.31. The molecule has 1 aliphatic rings. The summed E-state index contributed by atoms with van der Waals surface area (Å²) in [5, 5.41) is 2.93. The van der Waals surface area contributed by atoms with Crippen LogP contribution in [0, 0.1) is 6.92 Å². The SMILES string of the molecule is Cc1ccc(NC(=O)c2ccc(N3CCOCC3)cc2)cc1-c1ncc(-c2ccc(C(F)(F)F)cc2)[nH]1. The molecule has 0 radical (unpaired) electrons. The summed E-state index contributed by atoms with van der Waals surface area (Å²) in [6, 6.07) is 17.9. The third-order valence-corrected chi connectivity index (χ3v) is 6.36. The third kappa shape index (κ3) is 5.51. The highest BCUT2D eigenvalue weighted by molar-refractivity contribution is 6.04. The van der Waals surface area contributed by atoms with E-state index in [4.69, 9.17) is 4.74 Å². The maximum atomic E-state index is 12.9. The first-order chi connectivity index (χ1) is 17.8. The fourth-order valence-corrected chi connectivity index (χ4v) is 4.25. The number of nitrogens with zero attached hydrogens (tertiary/aromatic N) is 2. The molecule has 190 valence electrons. The molecule has 1 saturated heterocycles. The molecule has 37 heavy (non-hydrogen) atoms. The number of aryl methyl sites for hydroxylation is 1. The average molecular weight is 507 g/mol. The predicted octanol–water partition coefficient (Wildman–Crippen LogP) is 6.16. The van der Waals surface area contributed by atoms with Gasteiger partial charge in [0.2, 0.25) is 0 Å². The van der Waals surface area contributed by atoms with E-state index in [0.29, 0.717) is 41.5 Å². The molecule has 1 amide bonds. The number of alkyl halides is 3. The van der Waals surface area contributed by atoms with Crippen molar-refractivity contribution >= 4 is 17.3 Å². The van der Waals surface area contributed by atoms with Crippen LogP contribution in [0.3, 0.4) is 0 Å². The first kappa shape index (κ1) is 24.6. The molecule has 0 unspecified atom stereocenters.